The summed E-state index contributed by atoms with van der Waals surface area (Å²) in [7, 11) is 0. The van der Waals surface area contributed by atoms with Gasteiger partial charge in [-0.25, -0.2) is 0 Å². The number of aromatic nitrogens is 1. The summed E-state index contributed by atoms with van der Waals surface area (Å²) in [4.78, 5) is 4.46. The van der Waals surface area contributed by atoms with Gasteiger partial charge in [0, 0.05) is 6.20 Å². The number of hydrogen-bond acceptors (Lipinski definition) is 2. The summed E-state index contributed by atoms with van der Waals surface area (Å²) in [5, 5.41) is 3.48. The fourth-order valence-electron chi connectivity index (χ4n) is 1.69. The third-order valence-electron chi connectivity index (χ3n) is 2.44. The Hall–Kier alpha value is -0.890. The first-order valence-electron chi connectivity index (χ1n) is 5.31. The van der Waals surface area contributed by atoms with Crippen LogP contribution in [0.3, 0.4) is 0 Å². The van der Waals surface area contributed by atoms with Crippen molar-refractivity contribution in [1.29, 1.82) is 0 Å². The second-order valence-electron chi connectivity index (χ2n) is 3.98. The van der Waals surface area contributed by atoms with Gasteiger partial charge in [0.2, 0.25) is 0 Å². The normalized spacial score (nSPS) is 13.2. The molecule has 1 rings (SSSR count). The molecule has 0 bridgehead atoms. The largest absolute Gasteiger partial charge is 0.309 e. The monoisotopic (exact) mass is 192 g/mol. The lowest BCUT2D eigenvalue weighted by molar-refractivity contribution is 0.411. The minimum atomic E-state index is 0.376. The SMILES string of the molecule is CCNC(c1ncccc1C)C(C)C. The Balaban J connectivity index is 2.93. The molecular formula is C12H20N2. The fourth-order valence-corrected chi connectivity index (χ4v) is 1.69. The molecule has 1 aromatic heterocycles. The summed E-state index contributed by atoms with van der Waals surface area (Å²) in [5.41, 5.74) is 2.46. The van der Waals surface area contributed by atoms with Crippen molar-refractivity contribution in [3.8, 4) is 0 Å². The van der Waals surface area contributed by atoms with Crippen molar-refractivity contribution in [2.24, 2.45) is 5.92 Å². The van der Waals surface area contributed by atoms with Gasteiger partial charge < -0.3 is 5.32 Å². The first kappa shape index (κ1) is 11.2. The second kappa shape index (κ2) is 5.11. The lowest BCUT2D eigenvalue weighted by Gasteiger charge is -2.22. The maximum Gasteiger partial charge on any atom is 0.0604 e. The molecule has 2 heteroatoms. The van der Waals surface area contributed by atoms with Crippen LogP contribution in [-0.4, -0.2) is 11.5 Å². The Bertz CT molecular complexity index is 281. The Morgan fingerprint density at radius 1 is 1.43 bits per heavy atom. The van der Waals surface area contributed by atoms with Gasteiger partial charge in [0.05, 0.1) is 11.7 Å². The highest BCUT2D eigenvalue weighted by Gasteiger charge is 2.17. The van der Waals surface area contributed by atoms with Crippen molar-refractivity contribution < 1.29 is 0 Å². The number of nitrogens with one attached hydrogen (secondary N) is 1. The number of pyridine rings is 1. The molecule has 2 nitrogen and oxygen atoms in total. The van der Waals surface area contributed by atoms with Gasteiger partial charge in [0.25, 0.3) is 0 Å². The van der Waals surface area contributed by atoms with E-state index in [1.54, 1.807) is 0 Å². The molecule has 0 radical (unpaired) electrons. The summed E-state index contributed by atoms with van der Waals surface area (Å²) >= 11 is 0. The van der Waals surface area contributed by atoms with Gasteiger partial charge in [-0.05, 0) is 31.0 Å². The van der Waals surface area contributed by atoms with Gasteiger partial charge in [-0.15, -0.1) is 0 Å². The number of aryl methyl sites for hydroxylation is 1. The zero-order chi connectivity index (χ0) is 10.6. The van der Waals surface area contributed by atoms with Crippen LogP contribution in [0.5, 0.6) is 0 Å². The molecule has 78 valence electrons. The molecule has 1 unspecified atom stereocenters. The zero-order valence-electron chi connectivity index (χ0n) is 9.54. The van der Waals surface area contributed by atoms with E-state index in [4.69, 9.17) is 0 Å². The number of hydrogen-bond donors (Lipinski definition) is 1. The average molecular weight is 192 g/mol. The molecule has 0 aliphatic carbocycles. The summed E-state index contributed by atoms with van der Waals surface area (Å²) in [5.74, 6) is 0.573. The van der Waals surface area contributed by atoms with Crippen LogP contribution < -0.4 is 5.32 Å². The Labute approximate surface area is 86.8 Å². The van der Waals surface area contributed by atoms with Crippen LogP contribution in [-0.2, 0) is 0 Å². The van der Waals surface area contributed by atoms with Crippen LogP contribution in [0.25, 0.3) is 0 Å². The smallest absolute Gasteiger partial charge is 0.0604 e. The van der Waals surface area contributed by atoms with Gasteiger partial charge >= 0.3 is 0 Å². The highest BCUT2D eigenvalue weighted by molar-refractivity contribution is 5.21. The van der Waals surface area contributed by atoms with E-state index in [1.807, 2.05) is 12.3 Å². The average Bonchev–Trinajstić information content (AvgIpc) is 2.15. The van der Waals surface area contributed by atoms with E-state index in [1.165, 1.54) is 11.3 Å². The van der Waals surface area contributed by atoms with Crippen molar-refractivity contribution in [1.82, 2.24) is 10.3 Å². The molecule has 1 heterocycles. The van der Waals surface area contributed by atoms with Crippen molar-refractivity contribution in [2.75, 3.05) is 6.54 Å². The van der Waals surface area contributed by atoms with Crippen LogP contribution in [0.15, 0.2) is 18.3 Å². The standard InChI is InChI=1S/C12H20N2/c1-5-13-11(9(2)3)12-10(4)7-6-8-14-12/h6-9,11,13H,5H2,1-4H3. The first-order chi connectivity index (χ1) is 6.66. The molecule has 1 N–H and O–H groups in total. The van der Waals surface area contributed by atoms with E-state index in [0.29, 0.717) is 12.0 Å². The van der Waals surface area contributed by atoms with Crippen LogP contribution in [0.1, 0.15) is 38.1 Å². The minimum Gasteiger partial charge on any atom is -0.309 e. The molecule has 0 aliphatic heterocycles. The maximum atomic E-state index is 4.46. The summed E-state index contributed by atoms with van der Waals surface area (Å²) in [6, 6.07) is 4.48. The third-order valence-corrected chi connectivity index (χ3v) is 2.44. The topological polar surface area (TPSA) is 24.9 Å². The second-order valence-corrected chi connectivity index (χ2v) is 3.98. The van der Waals surface area contributed by atoms with Crippen LogP contribution in [0, 0.1) is 12.8 Å². The molecule has 1 aromatic rings. The van der Waals surface area contributed by atoms with Crippen molar-refractivity contribution in [3.05, 3.63) is 29.6 Å². The minimum absolute atomic E-state index is 0.376. The van der Waals surface area contributed by atoms with Crippen molar-refractivity contribution >= 4 is 0 Å². The Kier molecular flexibility index (Phi) is 4.08. The van der Waals surface area contributed by atoms with Crippen LogP contribution in [0.2, 0.25) is 0 Å². The van der Waals surface area contributed by atoms with E-state index in [0.717, 1.165) is 6.54 Å². The summed E-state index contributed by atoms with van der Waals surface area (Å²) < 4.78 is 0. The van der Waals surface area contributed by atoms with E-state index < -0.39 is 0 Å². The molecule has 0 aliphatic rings. The number of nitrogens with zero attached hydrogens (tertiary/aromatic N) is 1. The van der Waals surface area contributed by atoms with E-state index >= 15 is 0 Å². The number of rotatable bonds is 4. The molecule has 14 heavy (non-hydrogen) atoms. The Morgan fingerprint density at radius 2 is 2.14 bits per heavy atom. The summed E-state index contributed by atoms with van der Waals surface area (Å²) in [6.45, 7) is 9.68. The van der Waals surface area contributed by atoms with Crippen molar-refractivity contribution in [3.63, 3.8) is 0 Å². The predicted molar refractivity (Wildman–Crippen MR) is 60.2 cm³/mol. The molecule has 0 saturated heterocycles. The molecule has 0 saturated carbocycles. The quantitative estimate of drug-likeness (QED) is 0.793. The van der Waals surface area contributed by atoms with Gasteiger partial charge in [-0.3, -0.25) is 4.98 Å². The summed E-state index contributed by atoms with van der Waals surface area (Å²) in [6.07, 6.45) is 1.87. The van der Waals surface area contributed by atoms with E-state index in [2.05, 4.69) is 44.1 Å². The molecule has 0 aromatic carbocycles. The lowest BCUT2D eigenvalue weighted by Crippen LogP contribution is -2.27. The van der Waals surface area contributed by atoms with Gasteiger partial charge in [0.15, 0.2) is 0 Å². The van der Waals surface area contributed by atoms with E-state index in [-0.39, 0.29) is 0 Å². The first-order valence-corrected chi connectivity index (χ1v) is 5.31. The predicted octanol–water partition coefficient (Wildman–Crippen LogP) is 2.70. The fraction of sp³-hybridized carbons (Fsp3) is 0.583. The molecule has 0 spiro atoms. The molecular weight excluding hydrogens is 172 g/mol. The lowest BCUT2D eigenvalue weighted by atomic mass is 9.97. The maximum absolute atomic E-state index is 4.46. The zero-order valence-corrected chi connectivity index (χ0v) is 9.54. The van der Waals surface area contributed by atoms with E-state index in [9.17, 15) is 0 Å². The van der Waals surface area contributed by atoms with Gasteiger partial charge in [-0.1, -0.05) is 26.8 Å². The van der Waals surface area contributed by atoms with Gasteiger partial charge in [-0.2, -0.15) is 0 Å². The van der Waals surface area contributed by atoms with Gasteiger partial charge in [0.1, 0.15) is 0 Å². The third kappa shape index (κ3) is 2.55. The Morgan fingerprint density at radius 3 is 2.64 bits per heavy atom. The molecule has 1 atom stereocenters. The molecule has 0 fully saturated rings. The highest BCUT2D eigenvalue weighted by atomic mass is 14.9. The van der Waals surface area contributed by atoms with Crippen LogP contribution in [0.4, 0.5) is 0 Å². The van der Waals surface area contributed by atoms with Crippen molar-refractivity contribution in [2.45, 2.75) is 33.7 Å². The van der Waals surface area contributed by atoms with Crippen LogP contribution >= 0.6 is 0 Å². The highest BCUT2D eigenvalue weighted by Crippen LogP contribution is 2.21. The molecule has 0 amide bonds.